The lowest BCUT2D eigenvalue weighted by molar-refractivity contribution is 0.0951. The van der Waals surface area contributed by atoms with Crippen LogP contribution in [0.4, 0.5) is 5.69 Å². The predicted octanol–water partition coefficient (Wildman–Crippen LogP) is 1.42. The van der Waals surface area contributed by atoms with Crippen LogP contribution in [0.15, 0.2) is 18.2 Å². The van der Waals surface area contributed by atoms with E-state index in [4.69, 9.17) is 16.9 Å². The third-order valence-corrected chi connectivity index (χ3v) is 2.13. The van der Waals surface area contributed by atoms with E-state index < -0.39 is 0 Å². The first-order chi connectivity index (χ1) is 8.20. The van der Waals surface area contributed by atoms with Gasteiger partial charge in [0.05, 0.1) is 17.9 Å². The molecule has 0 radical (unpaired) electrons. The van der Waals surface area contributed by atoms with Crippen LogP contribution in [0.25, 0.3) is 0 Å². The van der Waals surface area contributed by atoms with Crippen molar-refractivity contribution in [3.63, 3.8) is 0 Å². The molecule has 0 fully saturated rings. The van der Waals surface area contributed by atoms with Gasteiger partial charge < -0.3 is 15.8 Å². The van der Waals surface area contributed by atoms with Crippen LogP contribution >= 0.6 is 0 Å². The van der Waals surface area contributed by atoms with Gasteiger partial charge in [-0.25, -0.2) is 0 Å². The summed E-state index contributed by atoms with van der Waals surface area (Å²) in [5.41, 5.74) is 6.65. The number of carbonyl (C=O) groups is 1. The molecule has 1 aromatic rings. The molecule has 0 aliphatic heterocycles. The highest BCUT2D eigenvalue weighted by atomic mass is 16.5. The quantitative estimate of drug-likeness (QED) is 0.458. The van der Waals surface area contributed by atoms with Crippen LogP contribution in [-0.4, -0.2) is 19.1 Å². The second kappa shape index (κ2) is 6.44. The Bertz CT molecular complexity index is 436. The summed E-state index contributed by atoms with van der Waals surface area (Å²) in [5.74, 6) is 2.65. The molecule has 1 rings (SSSR count). The molecule has 0 saturated carbocycles. The van der Waals surface area contributed by atoms with E-state index in [1.165, 1.54) is 0 Å². The molecule has 0 spiro atoms. The number of rotatable bonds is 5. The summed E-state index contributed by atoms with van der Waals surface area (Å²) in [4.78, 5) is 11.9. The van der Waals surface area contributed by atoms with Crippen LogP contribution in [0, 0.1) is 12.3 Å². The molecule has 0 heterocycles. The lowest BCUT2D eigenvalue weighted by atomic mass is 10.1. The lowest BCUT2D eigenvalue weighted by Gasteiger charge is -2.12. The number of amides is 1. The average Bonchev–Trinajstić information content (AvgIpc) is 2.32. The molecular weight excluding hydrogens is 216 g/mol. The van der Waals surface area contributed by atoms with Gasteiger partial charge >= 0.3 is 0 Å². The molecule has 1 aromatic carbocycles. The molecule has 0 atom stereocenters. The van der Waals surface area contributed by atoms with Crippen LogP contribution in [-0.2, 0) is 0 Å². The maximum atomic E-state index is 11.9. The van der Waals surface area contributed by atoms with Crippen molar-refractivity contribution in [2.24, 2.45) is 0 Å². The van der Waals surface area contributed by atoms with Crippen molar-refractivity contribution >= 4 is 11.6 Å². The van der Waals surface area contributed by atoms with Gasteiger partial charge in [-0.15, -0.1) is 12.3 Å². The van der Waals surface area contributed by atoms with E-state index in [9.17, 15) is 4.79 Å². The second-order valence-corrected chi connectivity index (χ2v) is 3.37. The molecule has 4 nitrogen and oxygen atoms in total. The Morgan fingerprint density at radius 1 is 1.59 bits per heavy atom. The van der Waals surface area contributed by atoms with E-state index in [1.54, 1.807) is 18.2 Å². The van der Waals surface area contributed by atoms with E-state index in [-0.39, 0.29) is 5.91 Å². The number of ether oxygens (including phenoxy) is 1. The number of anilines is 1. The Balaban J connectivity index is 2.85. The first kappa shape index (κ1) is 12.9. The van der Waals surface area contributed by atoms with Crippen molar-refractivity contribution < 1.29 is 9.53 Å². The molecule has 0 aliphatic carbocycles. The first-order valence-electron chi connectivity index (χ1n) is 5.43. The highest BCUT2D eigenvalue weighted by Gasteiger charge is 2.13. The predicted molar refractivity (Wildman–Crippen MR) is 67.8 cm³/mol. The lowest BCUT2D eigenvalue weighted by Crippen LogP contribution is -2.25. The highest BCUT2D eigenvalue weighted by molar-refractivity contribution is 5.98. The first-order valence-corrected chi connectivity index (χ1v) is 5.43. The second-order valence-electron chi connectivity index (χ2n) is 3.37. The van der Waals surface area contributed by atoms with Crippen LogP contribution in [0.5, 0.6) is 5.75 Å². The van der Waals surface area contributed by atoms with Crippen molar-refractivity contribution in [1.82, 2.24) is 5.32 Å². The molecule has 17 heavy (non-hydrogen) atoms. The van der Waals surface area contributed by atoms with Gasteiger partial charge in [0, 0.05) is 13.0 Å². The van der Waals surface area contributed by atoms with Gasteiger partial charge in [-0.05, 0) is 19.1 Å². The zero-order valence-electron chi connectivity index (χ0n) is 9.82. The van der Waals surface area contributed by atoms with Gasteiger partial charge in [0.25, 0.3) is 5.91 Å². The standard InChI is InChI=1S/C13H16N2O2/c1-3-5-9-15-13(16)10-7-6-8-11(14)12(10)17-4-2/h1,6-8H,4-5,9,14H2,2H3,(H,15,16). The molecule has 0 aromatic heterocycles. The van der Waals surface area contributed by atoms with Gasteiger partial charge in [0.2, 0.25) is 0 Å². The molecule has 0 bridgehead atoms. The number of nitrogens with two attached hydrogens (primary N) is 1. The smallest absolute Gasteiger partial charge is 0.255 e. The van der Waals surface area contributed by atoms with Gasteiger partial charge in [-0.2, -0.15) is 0 Å². The molecule has 0 saturated heterocycles. The Kier molecular flexibility index (Phi) is 4.89. The van der Waals surface area contributed by atoms with Crippen molar-refractivity contribution in [2.75, 3.05) is 18.9 Å². The zero-order chi connectivity index (χ0) is 12.7. The molecule has 0 aliphatic rings. The third kappa shape index (κ3) is 3.42. The Hall–Kier alpha value is -2.15. The van der Waals surface area contributed by atoms with Gasteiger partial charge in [-0.3, -0.25) is 4.79 Å². The molecule has 90 valence electrons. The van der Waals surface area contributed by atoms with Gasteiger partial charge in [-0.1, -0.05) is 6.07 Å². The number of hydrogen-bond donors (Lipinski definition) is 2. The highest BCUT2D eigenvalue weighted by Crippen LogP contribution is 2.26. The minimum Gasteiger partial charge on any atom is -0.491 e. The van der Waals surface area contributed by atoms with Crippen LogP contribution in [0.1, 0.15) is 23.7 Å². The Morgan fingerprint density at radius 3 is 3.00 bits per heavy atom. The molecule has 1 amide bonds. The number of carbonyl (C=O) groups excluding carboxylic acids is 1. The number of para-hydroxylation sites is 1. The maximum absolute atomic E-state index is 11.9. The van der Waals surface area contributed by atoms with Crippen LogP contribution < -0.4 is 15.8 Å². The minimum atomic E-state index is -0.226. The number of benzene rings is 1. The third-order valence-electron chi connectivity index (χ3n) is 2.13. The van der Waals surface area contributed by atoms with Crippen molar-refractivity contribution in [3.8, 4) is 18.1 Å². The maximum Gasteiger partial charge on any atom is 0.255 e. The van der Waals surface area contributed by atoms with Crippen LogP contribution in [0.2, 0.25) is 0 Å². The summed E-state index contributed by atoms with van der Waals surface area (Å²) < 4.78 is 5.37. The normalized spacial score (nSPS) is 9.41. The molecular formula is C13H16N2O2. The fourth-order valence-corrected chi connectivity index (χ4v) is 1.38. The van der Waals surface area contributed by atoms with E-state index in [0.29, 0.717) is 36.6 Å². The van der Waals surface area contributed by atoms with Gasteiger partial charge in [0.1, 0.15) is 0 Å². The van der Waals surface area contributed by atoms with E-state index in [0.717, 1.165) is 0 Å². The number of nitrogens with one attached hydrogen (secondary N) is 1. The monoisotopic (exact) mass is 232 g/mol. The largest absolute Gasteiger partial charge is 0.491 e. The summed E-state index contributed by atoms with van der Waals surface area (Å²) in [7, 11) is 0. The Labute approximate surface area is 101 Å². The van der Waals surface area contributed by atoms with Crippen molar-refractivity contribution in [2.45, 2.75) is 13.3 Å². The molecule has 0 unspecified atom stereocenters. The summed E-state index contributed by atoms with van der Waals surface area (Å²) in [5, 5.41) is 2.71. The number of hydrogen-bond acceptors (Lipinski definition) is 3. The Morgan fingerprint density at radius 2 is 2.35 bits per heavy atom. The molecule has 4 heteroatoms. The topological polar surface area (TPSA) is 64.4 Å². The fourth-order valence-electron chi connectivity index (χ4n) is 1.38. The summed E-state index contributed by atoms with van der Waals surface area (Å²) >= 11 is 0. The minimum absolute atomic E-state index is 0.226. The zero-order valence-corrected chi connectivity index (χ0v) is 9.82. The average molecular weight is 232 g/mol. The SMILES string of the molecule is C#CCCNC(=O)c1cccc(N)c1OCC. The van der Waals surface area contributed by atoms with Crippen molar-refractivity contribution in [3.05, 3.63) is 23.8 Å². The van der Waals surface area contributed by atoms with E-state index in [2.05, 4.69) is 11.2 Å². The van der Waals surface area contributed by atoms with Crippen LogP contribution in [0.3, 0.4) is 0 Å². The fraction of sp³-hybridized carbons (Fsp3) is 0.308. The summed E-state index contributed by atoms with van der Waals surface area (Å²) in [6.07, 6.45) is 5.61. The van der Waals surface area contributed by atoms with E-state index in [1.807, 2.05) is 6.92 Å². The number of terminal acetylenes is 1. The van der Waals surface area contributed by atoms with Gasteiger partial charge in [0.15, 0.2) is 5.75 Å². The van der Waals surface area contributed by atoms with E-state index >= 15 is 0 Å². The number of nitrogen functional groups attached to an aromatic ring is 1. The summed E-state index contributed by atoms with van der Waals surface area (Å²) in [6, 6.07) is 5.09. The molecule has 3 N–H and O–H groups in total. The van der Waals surface area contributed by atoms with Crippen molar-refractivity contribution in [1.29, 1.82) is 0 Å². The summed E-state index contributed by atoms with van der Waals surface area (Å²) in [6.45, 7) is 2.74.